The van der Waals surface area contributed by atoms with E-state index in [0.29, 0.717) is 0 Å². The number of furan rings is 1. The van der Waals surface area contributed by atoms with Gasteiger partial charge in [-0.3, -0.25) is 4.79 Å². The molecule has 1 atom stereocenters. The SMILES string of the molecule is C=CCC(=O)C(O)c1ccco1. The highest BCUT2D eigenvalue weighted by atomic mass is 16.4. The fourth-order valence-corrected chi connectivity index (χ4v) is 0.859. The van der Waals surface area contributed by atoms with E-state index in [-0.39, 0.29) is 18.0 Å². The van der Waals surface area contributed by atoms with Gasteiger partial charge in [-0.1, -0.05) is 6.08 Å². The fraction of sp³-hybridized carbons (Fsp3) is 0.222. The molecule has 64 valence electrons. The van der Waals surface area contributed by atoms with Crippen molar-refractivity contribution in [3.8, 4) is 0 Å². The molecule has 1 N–H and O–H groups in total. The molecule has 0 bridgehead atoms. The quantitative estimate of drug-likeness (QED) is 0.689. The molecule has 12 heavy (non-hydrogen) atoms. The Balaban J connectivity index is 2.65. The van der Waals surface area contributed by atoms with E-state index in [1.54, 1.807) is 12.1 Å². The zero-order chi connectivity index (χ0) is 8.97. The first-order valence-electron chi connectivity index (χ1n) is 3.60. The number of carbonyl (C=O) groups is 1. The minimum Gasteiger partial charge on any atom is -0.466 e. The molecule has 1 aromatic rings. The second kappa shape index (κ2) is 3.88. The van der Waals surface area contributed by atoms with Crippen LogP contribution in [-0.4, -0.2) is 10.9 Å². The molecule has 0 spiro atoms. The van der Waals surface area contributed by atoms with Crippen molar-refractivity contribution >= 4 is 5.78 Å². The van der Waals surface area contributed by atoms with E-state index in [1.165, 1.54) is 12.3 Å². The van der Waals surface area contributed by atoms with Gasteiger partial charge in [0.1, 0.15) is 5.76 Å². The first-order chi connectivity index (χ1) is 5.75. The van der Waals surface area contributed by atoms with Crippen LogP contribution in [0.25, 0.3) is 0 Å². The van der Waals surface area contributed by atoms with Gasteiger partial charge in [0.25, 0.3) is 0 Å². The average molecular weight is 166 g/mol. The highest BCUT2D eigenvalue weighted by molar-refractivity contribution is 5.84. The Kier molecular flexibility index (Phi) is 2.82. The molecule has 1 unspecified atom stereocenters. The lowest BCUT2D eigenvalue weighted by atomic mass is 10.1. The summed E-state index contributed by atoms with van der Waals surface area (Å²) in [5.74, 6) is -0.0261. The van der Waals surface area contributed by atoms with Gasteiger partial charge in [0.2, 0.25) is 0 Å². The zero-order valence-electron chi connectivity index (χ0n) is 6.56. The molecule has 1 aromatic heterocycles. The van der Waals surface area contributed by atoms with Crippen LogP contribution in [0.5, 0.6) is 0 Å². The summed E-state index contributed by atoms with van der Waals surface area (Å²) in [5.41, 5.74) is 0. The van der Waals surface area contributed by atoms with E-state index in [0.717, 1.165) is 0 Å². The van der Waals surface area contributed by atoms with Gasteiger partial charge in [-0.15, -0.1) is 6.58 Å². The maximum absolute atomic E-state index is 11.1. The van der Waals surface area contributed by atoms with Crippen molar-refractivity contribution in [1.29, 1.82) is 0 Å². The molecule has 0 aromatic carbocycles. The maximum Gasteiger partial charge on any atom is 0.172 e. The van der Waals surface area contributed by atoms with Crippen LogP contribution < -0.4 is 0 Å². The number of aliphatic hydroxyl groups is 1. The number of carbonyl (C=O) groups excluding carboxylic acids is 1. The lowest BCUT2D eigenvalue weighted by Crippen LogP contribution is -2.09. The first kappa shape index (κ1) is 8.74. The zero-order valence-corrected chi connectivity index (χ0v) is 6.56. The third-order valence-corrected chi connectivity index (χ3v) is 1.46. The second-order valence-corrected chi connectivity index (χ2v) is 2.38. The standard InChI is InChI=1S/C9H10O3/c1-2-4-7(10)9(11)8-5-3-6-12-8/h2-3,5-6,9,11H,1,4H2. The van der Waals surface area contributed by atoms with Crippen LogP contribution in [-0.2, 0) is 4.79 Å². The summed E-state index contributed by atoms with van der Waals surface area (Å²) in [6.45, 7) is 3.40. The van der Waals surface area contributed by atoms with Gasteiger partial charge >= 0.3 is 0 Å². The van der Waals surface area contributed by atoms with E-state index in [1.807, 2.05) is 0 Å². The van der Waals surface area contributed by atoms with Crippen molar-refractivity contribution in [1.82, 2.24) is 0 Å². The monoisotopic (exact) mass is 166 g/mol. The number of Topliss-reactive ketones (excluding diaryl/α,β-unsaturated/α-hetero) is 1. The first-order valence-corrected chi connectivity index (χ1v) is 3.60. The van der Waals surface area contributed by atoms with Crippen molar-refractivity contribution in [2.45, 2.75) is 12.5 Å². The molecule has 3 nitrogen and oxygen atoms in total. The highest BCUT2D eigenvalue weighted by Gasteiger charge is 2.17. The lowest BCUT2D eigenvalue weighted by molar-refractivity contribution is -0.127. The Labute approximate surface area is 70.3 Å². The fourth-order valence-electron chi connectivity index (χ4n) is 0.859. The van der Waals surface area contributed by atoms with Crippen molar-refractivity contribution in [3.63, 3.8) is 0 Å². The molecule has 1 rings (SSSR count). The molecule has 3 heteroatoms. The summed E-state index contributed by atoms with van der Waals surface area (Å²) in [6.07, 6.45) is 1.87. The van der Waals surface area contributed by atoms with E-state index in [2.05, 4.69) is 6.58 Å². The van der Waals surface area contributed by atoms with Gasteiger partial charge in [-0.05, 0) is 12.1 Å². The van der Waals surface area contributed by atoms with Crippen LogP contribution in [0.3, 0.4) is 0 Å². The summed E-state index contributed by atoms with van der Waals surface area (Å²) in [7, 11) is 0. The molecule has 0 radical (unpaired) electrons. The normalized spacial score (nSPS) is 12.4. The molecule has 0 aliphatic heterocycles. The minimum atomic E-state index is -1.15. The Morgan fingerprint density at radius 3 is 3.08 bits per heavy atom. The van der Waals surface area contributed by atoms with Crippen LogP contribution in [0, 0.1) is 0 Å². The van der Waals surface area contributed by atoms with Gasteiger partial charge in [0.05, 0.1) is 6.26 Å². The molecular formula is C9H10O3. The number of allylic oxidation sites excluding steroid dienone is 1. The summed E-state index contributed by atoms with van der Waals surface area (Å²) >= 11 is 0. The number of hydrogen-bond acceptors (Lipinski definition) is 3. The van der Waals surface area contributed by atoms with Crippen molar-refractivity contribution in [3.05, 3.63) is 36.8 Å². The maximum atomic E-state index is 11.1. The highest BCUT2D eigenvalue weighted by Crippen LogP contribution is 2.15. The van der Waals surface area contributed by atoms with Gasteiger partial charge in [-0.2, -0.15) is 0 Å². The largest absolute Gasteiger partial charge is 0.466 e. The number of aliphatic hydroxyl groups excluding tert-OH is 1. The molecule has 0 fully saturated rings. The number of rotatable bonds is 4. The Bertz CT molecular complexity index is 261. The molecule has 0 saturated carbocycles. The third kappa shape index (κ3) is 1.83. The molecule has 0 aliphatic carbocycles. The van der Waals surface area contributed by atoms with Crippen LogP contribution >= 0.6 is 0 Å². The van der Waals surface area contributed by atoms with Crippen LogP contribution in [0.4, 0.5) is 0 Å². The van der Waals surface area contributed by atoms with Crippen molar-refractivity contribution < 1.29 is 14.3 Å². The predicted octanol–water partition coefficient (Wildman–Crippen LogP) is 1.46. The topological polar surface area (TPSA) is 50.4 Å². The molecule has 0 amide bonds. The predicted molar refractivity (Wildman–Crippen MR) is 43.5 cm³/mol. The number of hydrogen-bond donors (Lipinski definition) is 1. The van der Waals surface area contributed by atoms with Gasteiger partial charge in [-0.25, -0.2) is 0 Å². The van der Waals surface area contributed by atoms with E-state index < -0.39 is 6.10 Å². The Morgan fingerprint density at radius 1 is 1.83 bits per heavy atom. The number of ketones is 1. The van der Waals surface area contributed by atoms with Gasteiger partial charge in [0, 0.05) is 6.42 Å². The smallest absolute Gasteiger partial charge is 0.172 e. The molecule has 1 heterocycles. The Morgan fingerprint density at radius 2 is 2.58 bits per heavy atom. The van der Waals surface area contributed by atoms with Crippen molar-refractivity contribution in [2.75, 3.05) is 0 Å². The molecule has 0 aliphatic rings. The van der Waals surface area contributed by atoms with E-state index in [9.17, 15) is 9.90 Å². The van der Waals surface area contributed by atoms with Crippen molar-refractivity contribution in [2.24, 2.45) is 0 Å². The van der Waals surface area contributed by atoms with Crippen LogP contribution in [0.1, 0.15) is 18.3 Å². The average Bonchev–Trinajstić information content (AvgIpc) is 2.55. The summed E-state index contributed by atoms with van der Waals surface area (Å²) in [4.78, 5) is 11.1. The summed E-state index contributed by atoms with van der Waals surface area (Å²) in [6, 6.07) is 3.19. The van der Waals surface area contributed by atoms with E-state index in [4.69, 9.17) is 4.42 Å². The lowest BCUT2D eigenvalue weighted by Gasteiger charge is -2.03. The van der Waals surface area contributed by atoms with Crippen LogP contribution in [0.2, 0.25) is 0 Å². The van der Waals surface area contributed by atoms with Crippen LogP contribution in [0.15, 0.2) is 35.5 Å². The van der Waals surface area contributed by atoms with Gasteiger partial charge in [0.15, 0.2) is 11.9 Å². The summed E-state index contributed by atoms with van der Waals surface area (Å²) in [5, 5.41) is 9.32. The molecule has 0 saturated heterocycles. The van der Waals surface area contributed by atoms with Gasteiger partial charge < -0.3 is 9.52 Å². The second-order valence-electron chi connectivity index (χ2n) is 2.38. The Hall–Kier alpha value is -1.35. The summed E-state index contributed by atoms with van der Waals surface area (Å²) < 4.78 is 4.86. The minimum absolute atomic E-state index is 0.155. The molecular weight excluding hydrogens is 156 g/mol. The third-order valence-electron chi connectivity index (χ3n) is 1.46. The van der Waals surface area contributed by atoms with E-state index >= 15 is 0 Å².